The summed E-state index contributed by atoms with van der Waals surface area (Å²) < 4.78 is 0. The average Bonchev–Trinajstić information content (AvgIpc) is 2.41. The molecule has 0 saturated carbocycles. The maximum atomic E-state index is 3.36. The van der Waals surface area contributed by atoms with Gasteiger partial charge in [-0.05, 0) is 13.0 Å². The molecule has 3 N–H and O–H groups in total. The largest absolute Gasteiger partial charge is 0.290 e. The van der Waals surface area contributed by atoms with Crippen LogP contribution in [0.4, 0.5) is 0 Å². The minimum Gasteiger partial charge on any atom is -0.290 e. The number of unbranched alkanes of at least 4 members (excludes halogenated alkanes) is 1. The summed E-state index contributed by atoms with van der Waals surface area (Å²) in [5, 5.41) is 9.95. The van der Waals surface area contributed by atoms with Gasteiger partial charge < -0.3 is 0 Å². The van der Waals surface area contributed by atoms with Crippen molar-refractivity contribution in [2.45, 2.75) is 26.1 Å². The fourth-order valence-electron chi connectivity index (χ4n) is 1.07. The van der Waals surface area contributed by atoms with E-state index in [0.29, 0.717) is 6.29 Å². The summed E-state index contributed by atoms with van der Waals surface area (Å²) in [7, 11) is 0. The van der Waals surface area contributed by atoms with Gasteiger partial charge in [-0.3, -0.25) is 16.0 Å². The second-order valence-electron chi connectivity index (χ2n) is 2.65. The lowest BCUT2D eigenvalue weighted by Crippen LogP contribution is -2.45. The van der Waals surface area contributed by atoms with E-state index in [1.807, 2.05) is 0 Å². The Kier molecular flexibility index (Phi) is 3.72. The first-order valence-electron chi connectivity index (χ1n) is 4.13. The van der Waals surface area contributed by atoms with Crippen LogP contribution in [-0.4, -0.2) is 25.9 Å². The van der Waals surface area contributed by atoms with Gasteiger partial charge in [0, 0.05) is 13.1 Å². The van der Waals surface area contributed by atoms with Crippen LogP contribution in [0.25, 0.3) is 0 Å². The van der Waals surface area contributed by atoms with Crippen molar-refractivity contribution in [3.05, 3.63) is 0 Å². The average molecular weight is 143 g/mol. The van der Waals surface area contributed by atoms with Gasteiger partial charge in [0.25, 0.3) is 0 Å². The van der Waals surface area contributed by atoms with Crippen LogP contribution in [0.5, 0.6) is 0 Å². The predicted octanol–water partition coefficient (Wildman–Crippen LogP) is -0.147. The number of hydrogen-bond donors (Lipinski definition) is 3. The quantitative estimate of drug-likeness (QED) is 0.479. The van der Waals surface area contributed by atoms with Crippen LogP contribution in [0.15, 0.2) is 0 Å². The monoisotopic (exact) mass is 143 g/mol. The first kappa shape index (κ1) is 7.98. The maximum Gasteiger partial charge on any atom is 0.112 e. The van der Waals surface area contributed by atoms with E-state index >= 15 is 0 Å². The van der Waals surface area contributed by atoms with Crippen LogP contribution in [-0.2, 0) is 0 Å². The SMILES string of the molecule is CCCCNC1NCCN1. The second kappa shape index (κ2) is 4.66. The Morgan fingerprint density at radius 2 is 2.10 bits per heavy atom. The molecule has 0 atom stereocenters. The summed E-state index contributed by atoms with van der Waals surface area (Å²) in [6, 6.07) is 0. The zero-order chi connectivity index (χ0) is 7.23. The molecule has 1 heterocycles. The van der Waals surface area contributed by atoms with Crippen molar-refractivity contribution in [1.29, 1.82) is 0 Å². The van der Waals surface area contributed by atoms with Crippen LogP contribution < -0.4 is 16.0 Å². The molecule has 0 spiro atoms. The molecular weight excluding hydrogens is 126 g/mol. The molecule has 1 fully saturated rings. The van der Waals surface area contributed by atoms with Crippen molar-refractivity contribution < 1.29 is 0 Å². The van der Waals surface area contributed by atoms with Crippen molar-refractivity contribution in [2.75, 3.05) is 19.6 Å². The van der Waals surface area contributed by atoms with Crippen LogP contribution in [0.3, 0.4) is 0 Å². The minimum absolute atomic E-state index is 0.367. The van der Waals surface area contributed by atoms with Crippen LogP contribution in [0.2, 0.25) is 0 Å². The van der Waals surface area contributed by atoms with Gasteiger partial charge in [0.2, 0.25) is 0 Å². The van der Waals surface area contributed by atoms with Crippen LogP contribution in [0, 0.1) is 0 Å². The van der Waals surface area contributed by atoms with Crippen molar-refractivity contribution in [1.82, 2.24) is 16.0 Å². The van der Waals surface area contributed by atoms with E-state index in [-0.39, 0.29) is 0 Å². The fourth-order valence-corrected chi connectivity index (χ4v) is 1.07. The van der Waals surface area contributed by atoms with Gasteiger partial charge in [-0.2, -0.15) is 0 Å². The first-order valence-corrected chi connectivity index (χ1v) is 4.13. The normalized spacial score (nSPS) is 20.1. The molecule has 0 amide bonds. The van der Waals surface area contributed by atoms with Gasteiger partial charge >= 0.3 is 0 Å². The lowest BCUT2D eigenvalue weighted by Gasteiger charge is -2.11. The Balaban J connectivity index is 1.91. The molecule has 0 bridgehead atoms. The standard InChI is InChI=1S/C7H17N3/c1-2-3-4-8-7-9-5-6-10-7/h7-10H,2-6H2,1H3. The van der Waals surface area contributed by atoms with E-state index in [4.69, 9.17) is 0 Å². The van der Waals surface area contributed by atoms with E-state index < -0.39 is 0 Å². The Bertz CT molecular complexity index is 78.9. The highest BCUT2D eigenvalue weighted by atomic mass is 15.3. The summed E-state index contributed by atoms with van der Waals surface area (Å²) >= 11 is 0. The second-order valence-corrected chi connectivity index (χ2v) is 2.65. The summed E-state index contributed by atoms with van der Waals surface area (Å²) in [5.74, 6) is 0. The zero-order valence-corrected chi connectivity index (χ0v) is 6.61. The molecular formula is C7H17N3. The highest BCUT2D eigenvalue weighted by molar-refractivity contribution is 4.69. The van der Waals surface area contributed by atoms with E-state index in [1.165, 1.54) is 12.8 Å². The van der Waals surface area contributed by atoms with Gasteiger partial charge in [-0.15, -0.1) is 0 Å². The van der Waals surface area contributed by atoms with Crippen molar-refractivity contribution in [3.63, 3.8) is 0 Å². The molecule has 0 unspecified atom stereocenters. The van der Waals surface area contributed by atoms with Gasteiger partial charge in [0.15, 0.2) is 0 Å². The summed E-state index contributed by atoms with van der Waals surface area (Å²) in [6.45, 7) is 5.49. The van der Waals surface area contributed by atoms with E-state index in [1.54, 1.807) is 0 Å². The van der Waals surface area contributed by atoms with Crippen molar-refractivity contribution in [2.24, 2.45) is 0 Å². The van der Waals surface area contributed by atoms with Crippen LogP contribution in [0.1, 0.15) is 19.8 Å². The smallest absolute Gasteiger partial charge is 0.112 e. The van der Waals surface area contributed by atoms with Crippen LogP contribution >= 0.6 is 0 Å². The predicted molar refractivity (Wildman–Crippen MR) is 42.7 cm³/mol. The summed E-state index contributed by atoms with van der Waals surface area (Å²) in [4.78, 5) is 0. The third-order valence-electron chi connectivity index (χ3n) is 1.70. The molecule has 3 heteroatoms. The number of nitrogens with one attached hydrogen (secondary N) is 3. The molecule has 0 aromatic heterocycles. The lowest BCUT2D eigenvalue weighted by molar-refractivity contribution is 0.440. The van der Waals surface area contributed by atoms with Gasteiger partial charge in [0.1, 0.15) is 6.29 Å². The third-order valence-corrected chi connectivity index (χ3v) is 1.70. The van der Waals surface area contributed by atoms with Gasteiger partial charge in [-0.1, -0.05) is 13.3 Å². The molecule has 3 nitrogen and oxygen atoms in total. The summed E-state index contributed by atoms with van der Waals surface area (Å²) in [5.41, 5.74) is 0. The van der Waals surface area contributed by atoms with Crippen molar-refractivity contribution in [3.8, 4) is 0 Å². The number of rotatable bonds is 4. The lowest BCUT2D eigenvalue weighted by atomic mass is 10.3. The van der Waals surface area contributed by atoms with E-state index in [2.05, 4.69) is 22.9 Å². The Labute approximate surface area is 62.6 Å². The molecule has 0 radical (unpaired) electrons. The number of hydrogen-bond acceptors (Lipinski definition) is 3. The van der Waals surface area contributed by atoms with E-state index in [0.717, 1.165) is 19.6 Å². The Morgan fingerprint density at radius 1 is 1.40 bits per heavy atom. The summed E-state index contributed by atoms with van der Waals surface area (Å²) in [6.07, 6.45) is 2.89. The topological polar surface area (TPSA) is 36.1 Å². The molecule has 1 aliphatic rings. The molecule has 60 valence electrons. The zero-order valence-electron chi connectivity index (χ0n) is 6.61. The fraction of sp³-hybridized carbons (Fsp3) is 1.00. The molecule has 0 aliphatic carbocycles. The highest BCUT2D eigenvalue weighted by Gasteiger charge is 2.09. The first-order chi connectivity index (χ1) is 4.93. The maximum absolute atomic E-state index is 3.36. The minimum atomic E-state index is 0.367. The highest BCUT2D eigenvalue weighted by Crippen LogP contribution is 1.85. The Hall–Kier alpha value is -0.120. The van der Waals surface area contributed by atoms with Gasteiger partial charge in [0.05, 0.1) is 0 Å². The Morgan fingerprint density at radius 3 is 2.70 bits per heavy atom. The molecule has 0 aromatic rings. The molecule has 0 aromatic carbocycles. The molecule has 10 heavy (non-hydrogen) atoms. The van der Waals surface area contributed by atoms with E-state index in [9.17, 15) is 0 Å². The third kappa shape index (κ3) is 2.64. The van der Waals surface area contributed by atoms with Crippen molar-refractivity contribution >= 4 is 0 Å². The van der Waals surface area contributed by atoms with Gasteiger partial charge in [-0.25, -0.2) is 0 Å². The molecule has 1 saturated heterocycles. The molecule has 1 rings (SSSR count). The molecule has 1 aliphatic heterocycles.